The SMILES string of the molecule is CCn1c(=O)c(=O)n(CCC(=O)NCc2ccccc2OC)c2cccnc21. The van der Waals surface area contributed by atoms with E-state index in [1.807, 2.05) is 24.3 Å². The zero-order valence-electron chi connectivity index (χ0n) is 15.8. The third-order valence-corrected chi connectivity index (χ3v) is 4.53. The Balaban J connectivity index is 1.77. The van der Waals surface area contributed by atoms with Crippen LogP contribution in [0.5, 0.6) is 5.75 Å². The molecular formula is C20H22N4O4. The van der Waals surface area contributed by atoms with E-state index in [1.54, 1.807) is 32.4 Å². The minimum atomic E-state index is -0.653. The predicted molar refractivity (Wildman–Crippen MR) is 105 cm³/mol. The number of methoxy groups -OCH3 is 1. The minimum Gasteiger partial charge on any atom is -0.496 e. The van der Waals surface area contributed by atoms with Gasteiger partial charge in [-0.3, -0.25) is 19.0 Å². The fraction of sp³-hybridized carbons (Fsp3) is 0.300. The number of carbonyl (C=O) groups is 1. The lowest BCUT2D eigenvalue weighted by Crippen LogP contribution is -2.42. The summed E-state index contributed by atoms with van der Waals surface area (Å²) >= 11 is 0. The first kappa shape index (κ1) is 19.3. The fourth-order valence-electron chi connectivity index (χ4n) is 3.10. The second kappa shape index (κ2) is 8.51. The predicted octanol–water partition coefficient (Wildman–Crippen LogP) is 1.29. The molecule has 0 saturated heterocycles. The summed E-state index contributed by atoms with van der Waals surface area (Å²) in [5, 5.41) is 2.82. The molecule has 3 rings (SSSR count). The molecule has 8 nitrogen and oxygen atoms in total. The lowest BCUT2D eigenvalue weighted by atomic mass is 10.2. The number of amides is 1. The van der Waals surface area contributed by atoms with Crippen molar-refractivity contribution in [3.63, 3.8) is 0 Å². The molecule has 0 aliphatic rings. The summed E-state index contributed by atoms with van der Waals surface area (Å²) in [5.74, 6) is 0.466. The molecule has 0 fully saturated rings. The highest BCUT2D eigenvalue weighted by molar-refractivity contribution is 5.76. The first-order valence-corrected chi connectivity index (χ1v) is 9.03. The maximum absolute atomic E-state index is 12.5. The molecule has 1 aromatic carbocycles. The lowest BCUT2D eigenvalue weighted by Gasteiger charge is -2.13. The van der Waals surface area contributed by atoms with E-state index in [0.717, 1.165) is 5.56 Å². The number of ether oxygens (including phenoxy) is 1. The summed E-state index contributed by atoms with van der Waals surface area (Å²) in [6.45, 7) is 2.54. The average molecular weight is 382 g/mol. The Morgan fingerprint density at radius 3 is 2.61 bits per heavy atom. The first-order chi connectivity index (χ1) is 13.6. The molecule has 3 aromatic rings. The number of nitrogens with zero attached hydrogens (tertiary/aromatic N) is 3. The van der Waals surface area contributed by atoms with E-state index in [9.17, 15) is 14.4 Å². The molecule has 0 aliphatic carbocycles. The highest BCUT2D eigenvalue weighted by Gasteiger charge is 2.14. The summed E-state index contributed by atoms with van der Waals surface area (Å²) < 4.78 is 7.93. The van der Waals surface area contributed by atoms with Gasteiger partial charge in [0.15, 0.2) is 5.65 Å². The van der Waals surface area contributed by atoms with Gasteiger partial charge in [0.25, 0.3) is 0 Å². The Labute approximate surface area is 161 Å². The minimum absolute atomic E-state index is 0.0641. The van der Waals surface area contributed by atoms with Gasteiger partial charge in [-0.05, 0) is 25.1 Å². The molecule has 28 heavy (non-hydrogen) atoms. The van der Waals surface area contributed by atoms with Crippen molar-refractivity contribution in [1.29, 1.82) is 0 Å². The second-order valence-corrected chi connectivity index (χ2v) is 6.19. The van der Waals surface area contributed by atoms with Crippen molar-refractivity contribution in [2.75, 3.05) is 7.11 Å². The molecule has 1 amide bonds. The topological polar surface area (TPSA) is 95.2 Å². The smallest absolute Gasteiger partial charge is 0.318 e. The molecular weight excluding hydrogens is 360 g/mol. The van der Waals surface area contributed by atoms with Crippen molar-refractivity contribution >= 4 is 17.1 Å². The number of hydrogen-bond acceptors (Lipinski definition) is 5. The molecule has 0 radical (unpaired) electrons. The van der Waals surface area contributed by atoms with Crippen LogP contribution >= 0.6 is 0 Å². The summed E-state index contributed by atoms with van der Waals surface area (Å²) in [5.41, 5.74) is 0.536. The lowest BCUT2D eigenvalue weighted by molar-refractivity contribution is -0.121. The van der Waals surface area contributed by atoms with Crippen molar-refractivity contribution in [2.45, 2.75) is 33.0 Å². The fourth-order valence-corrected chi connectivity index (χ4v) is 3.10. The van der Waals surface area contributed by atoms with Crippen LogP contribution in [0.2, 0.25) is 0 Å². The van der Waals surface area contributed by atoms with Crippen LogP contribution in [0.15, 0.2) is 52.2 Å². The van der Waals surface area contributed by atoms with E-state index in [1.165, 1.54) is 9.13 Å². The van der Waals surface area contributed by atoms with Crippen molar-refractivity contribution in [3.05, 3.63) is 68.9 Å². The van der Waals surface area contributed by atoms with Crippen LogP contribution in [-0.4, -0.2) is 27.1 Å². The normalized spacial score (nSPS) is 10.8. The molecule has 146 valence electrons. The number of nitrogens with one attached hydrogen (secondary N) is 1. The maximum atomic E-state index is 12.5. The maximum Gasteiger partial charge on any atom is 0.318 e. The van der Waals surface area contributed by atoms with Crippen LogP contribution in [0.4, 0.5) is 0 Å². The number of hydrogen-bond donors (Lipinski definition) is 1. The number of carbonyl (C=O) groups excluding carboxylic acids is 1. The highest BCUT2D eigenvalue weighted by Crippen LogP contribution is 2.16. The third kappa shape index (κ3) is 3.80. The van der Waals surface area contributed by atoms with Gasteiger partial charge in [-0.15, -0.1) is 0 Å². The monoisotopic (exact) mass is 382 g/mol. The first-order valence-electron chi connectivity index (χ1n) is 9.03. The molecule has 2 heterocycles. The van der Waals surface area contributed by atoms with E-state index in [4.69, 9.17) is 4.74 Å². The number of para-hydroxylation sites is 1. The Hall–Kier alpha value is -3.42. The molecule has 0 atom stereocenters. The summed E-state index contributed by atoms with van der Waals surface area (Å²) in [7, 11) is 1.57. The number of rotatable bonds is 7. The standard InChI is InChI=1S/C20H22N4O4/c1-3-23-18-15(8-6-11-21-18)24(20(27)19(23)26)12-10-17(25)22-13-14-7-4-5-9-16(14)28-2/h4-9,11H,3,10,12-13H2,1-2H3,(H,22,25). The quantitative estimate of drug-likeness (QED) is 0.622. The van der Waals surface area contributed by atoms with Gasteiger partial charge in [-0.25, -0.2) is 4.98 Å². The molecule has 1 N–H and O–H groups in total. The highest BCUT2D eigenvalue weighted by atomic mass is 16.5. The number of fused-ring (bicyclic) bond motifs is 1. The van der Waals surface area contributed by atoms with E-state index in [2.05, 4.69) is 10.3 Å². The van der Waals surface area contributed by atoms with Crippen LogP contribution in [0, 0.1) is 0 Å². The van der Waals surface area contributed by atoms with Crippen LogP contribution in [0.1, 0.15) is 18.9 Å². The molecule has 0 bridgehead atoms. The van der Waals surface area contributed by atoms with E-state index >= 15 is 0 Å². The number of aromatic nitrogens is 3. The Morgan fingerprint density at radius 1 is 1.11 bits per heavy atom. The summed E-state index contributed by atoms with van der Waals surface area (Å²) in [4.78, 5) is 41.3. The van der Waals surface area contributed by atoms with Crippen molar-refractivity contribution in [3.8, 4) is 5.75 Å². The van der Waals surface area contributed by atoms with E-state index < -0.39 is 11.1 Å². The van der Waals surface area contributed by atoms with Gasteiger partial charge in [0, 0.05) is 37.8 Å². The van der Waals surface area contributed by atoms with Crippen molar-refractivity contribution in [2.24, 2.45) is 0 Å². The van der Waals surface area contributed by atoms with Crippen LogP contribution < -0.4 is 21.2 Å². The van der Waals surface area contributed by atoms with Gasteiger partial charge < -0.3 is 14.6 Å². The van der Waals surface area contributed by atoms with Crippen molar-refractivity contribution in [1.82, 2.24) is 19.4 Å². The van der Waals surface area contributed by atoms with Gasteiger partial charge in [0.1, 0.15) is 5.75 Å². The summed E-state index contributed by atoms with van der Waals surface area (Å²) in [6, 6.07) is 10.8. The number of benzene rings is 1. The van der Waals surface area contributed by atoms with Gasteiger partial charge in [0.2, 0.25) is 5.91 Å². The van der Waals surface area contributed by atoms with Gasteiger partial charge >= 0.3 is 11.1 Å². The summed E-state index contributed by atoms with van der Waals surface area (Å²) in [6.07, 6.45) is 1.64. The zero-order valence-corrected chi connectivity index (χ0v) is 15.8. The average Bonchev–Trinajstić information content (AvgIpc) is 2.73. The van der Waals surface area contributed by atoms with Crippen LogP contribution in [0.3, 0.4) is 0 Å². The third-order valence-electron chi connectivity index (χ3n) is 4.53. The molecule has 0 unspecified atom stereocenters. The molecule has 0 aliphatic heterocycles. The Bertz CT molecular complexity index is 1120. The molecule has 2 aromatic heterocycles. The Kier molecular flexibility index (Phi) is 5.88. The van der Waals surface area contributed by atoms with E-state index in [-0.39, 0.29) is 18.9 Å². The van der Waals surface area contributed by atoms with Gasteiger partial charge in [-0.2, -0.15) is 0 Å². The second-order valence-electron chi connectivity index (χ2n) is 6.19. The largest absolute Gasteiger partial charge is 0.496 e. The van der Waals surface area contributed by atoms with Gasteiger partial charge in [0.05, 0.1) is 12.6 Å². The molecule has 0 spiro atoms. The van der Waals surface area contributed by atoms with E-state index in [0.29, 0.717) is 30.0 Å². The van der Waals surface area contributed by atoms with Crippen LogP contribution in [0.25, 0.3) is 11.2 Å². The molecule has 0 saturated carbocycles. The number of pyridine rings is 1. The zero-order chi connectivity index (χ0) is 20.1. The Morgan fingerprint density at radius 2 is 1.86 bits per heavy atom. The van der Waals surface area contributed by atoms with Crippen LogP contribution in [-0.2, 0) is 24.4 Å². The van der Waals surface area contributed by atoms with Crippen molar-refractivity contribution < 1.29 is 9.53 Å². The van der Waals surface area contributed by atoms with Gasteiger partial charge in [-0.1, -0.05) is 18.2 Å². The molecule has 8 heteroatoms. The number of aryl methyl sites for hydroxylation is 2.